The molecule has 0 saturated carbocycles. The van der Waals surface area contributed by atoms with Crippen LogP contribution in [-0.2, 0) is 9.84 Å². The van der Waals surface area contributed by atoms with Crippen LogP contribution < -0.4 is 10.6 Å². The third kappa shape index (κ3) is 8.13. The zero-order chi connectivity index (χ0) is 18.4. The molecule has 1 aromatic rings. The molecule has 0 saturated heterocycles. The molecule has 0 radical (unpaired) electrons. The lowest BCUT2D eigenvalue weighted by Crippen LogP contribution is -2.39. The summed E-state index contributed by atoms with van der Waals surface area (Å²) in [5, 5.41) is 7.09. The Morgan fingerprint density at radius 2 is 1.96 bits per heavy atom. The van der Waals surface area contributed by atoms with E-state index in [-0.39, 0.29) is 42.3 Å². The number of aliphatic imine (C=N–C) groups is 1. The zero-order valence-electron chi connectivity index (χ0n) is 15.5. The van der Waals surface area contributed by atoms with Gasteiger partial charge in [0.25, 0.3) is 0 Å². The van der Waals surface area contributed by atoms with E-state index >= 15 is 0 Å². The van der Waals surface area contributed by atoms with E-state index in [1.165, 1.54) is 0 Å². The summed E-state index contributed by atoms with van der Waals surface area (Å²) in [5.74, 6) is 0.618. The molecule has 8 heteroatoms. The average Bonchev–Trinajstić information content (AvgIpc) is 2.46. The standard InChI is InChI=1S/C17H28ClN3O2S.HI/c1-6-19-16(20-10-11-24(22,23)17(3,4)5)21-13(2)14-8-7-9-15(18)12-14;/h7-9,12-13H,6,10-11H2,1-5H3,(H2,19,20,21);1H. The molecule has 0 aliphatic carbocycles. The van der Waals surface area contributed by atoms with Gasteiger partial charge in [-0.15, -0.1) is 24.0 Å². The SMILES string of the molecule is CCNC(=NCCS(=O)(=O)C(C)(C)C)NC(C)c1cccc(Cl)c1.I. The molecule has 0 amide bonds. The Hall–Kier alpha value is -0.540. The number of halogens is 2. The summed E-state index contributed by atoms with van der Waals surface area (Å²) in [6.45, 7) is 10.00. The van der Waals surface area contributed by atoms with Gasteiger partial charge in [-0.25, -0.2) is 8.42 Å². The minimum Gasteiger partial charge on any atom is -0.357 e. The summed E-state index contributed by atoms with van der Waals surface area (Å²) in [4.78, 5) is 4.38. The van der Waals surface area contributed by atoms with Crippen molar-refractivity contribution < 1.29 is 8.42 Å². The van der Waals surface area contributed by atoms with E-state index in [2.05, 4.69) is 15.6 Å². The molecule has 1 aromatic carbocycles. The van der Waals surface area contributed by atoms with E-state index < -0.39 is 14.6 Å². The van der Waals surface area contributed by atoms with Gasteiger partial charge < -0.3 is 10.6 Å². The Morgan fingerprint density at radius 1 is 1.32 bits per heavy atom. The summed E-state index contributed by atoms with van der Waals surface area (Å²) in [7, 11) is -3.17. The summed E-state index contributed by atoms with van der Waals surface area (Å²) in [6, 6.07) is 7.61. The Bertz CT molecular complexity index is 673. The van der Waals surface area contributed by atoms with Crippen LogP contribution in [0.25, 0.3) is 0 Å². The number of benzene rings is 1. The Labute approximate surface area is 174 Å². The number of sulfone groups is 1. The zero-order valence-corrected chi connectivity index (χ0v) is 19.4. The molecule has 1 rings (SSSR count). The maximum atomic E-state index is 12.1. The first-order chi connectivity index (χ1) is 11.1. The van der Waals surface area contributed by atoms with Gasteiger partial charge in [-0.05, 0) is 52.3 Å². The van der Waals surface area contributed by atoms with Crippen LogP contribution in [0, 0.1) is 0 Å². The second-order valence-electron chi connectivity index (χ2n) is 6.61. The third-order valence-corrected chi connectivity index (χ3v) is 6.43. The van der Waals surface area contributed by atoms with Gasteiger partial charge in [0.05, 0.1) is 23.1 Å². The van der Waals surface area contributed by atoms with Crippen molar-refractivity contribution in [2.45, 2.75) is 45.4 Å². The number of rotatable bonds is 6. The lowest BCUT2D eigenvalue weighted by atomic mass is 10.1. The van der Waals surface area contributed by atoms with Crippen LogP contribution in [0.1, 0.15) is 46.2 Å². The van der Waals surface area contributed by atoms with Crippen molar-refractivity contribution in [3.05, 3.63) is 34.9 Å². The summed E-state index contributed by atoms with van der Waals surface area (Å²) >= 11 is 6.02. The van der Waals surface area contributed by atoms with E-state index in [0.29, 0.717) is 17.5 Å². The van der Waals surface area contributed by atoms with Gasteiger partial charge in [-0.3, -0.25) is 4.99 Å². The van der Waals surface area contributed by atoms with Gasteiger partial charge in [0, 0.05) is 11.6 Å². The molecular formula is C17H29ClIN3O2S. The van der Waals surface area contributed by atoms with Crippen molar-refractivity contribution in [1.82, 2.24) is 10.6 Å². The van der Waals surface area contributed by atoms with Crippen molar-refractivity contribution in [1.29, 1.82) is 0 Å². The van der Waals surface area contributed by atoms with Crippen LogP contribution in [0.2, 0.25) is 5.02 Å². The second-order valence-corrected chi connectivity index (χ2v) is 9.91. The molecule has 0 aliphatic rings. The van der Waals surface area contributed by atoms with Crippen LogP contribution in [0.15, 0.2) is 29.3 Å². The minimum absolute atomic E-state index is 0. The topological polar surface area (TPSA) is 70.6 Å². The van der Waals surface area contributed by atoms with Gasteiger partial charge in [0.2, 0.25) is 0 Å². The van der Waals surface area contributed by atoms with E-state index in [4.69, 9.17) is 11.6 Å². The van der Waals surface area contributed by atoms with E-state index in [9.17, 15) is 8.42 Å². The van der Waals surface area contributed by atoms with Crippen molar-refractivity contribution in [3.63, 3.8) is 0 Å². The molecule has 1 unspecified atom stereocenters. The van der Waals surface area contributed by atoms with E-state index in [1.54, 1.807) is 20.8 Å². The fraction of sp³-hybridized carbons (Fsp3) is 0.588. The summed E-state index contributed by atoms with van der Waals surface area (Å²) in [6.07, 6.45) is 0. The van der Waals surface area contributed by atoms with Crippen LogP contribution in [0.5, 0.6) is 0 Å². The molecular weight excluding hydrogens is 473 g/mol. The lowest BCUT2D eigenvalue weighted by molar-refractivity contribution is 0.560. The average molecular weight is 502 g/mol. The highest BCUT2D eigenvalue weighted by Gasteiger charge is 2.28. The molecule has 1 atom stereocenters. The van der Waals surface area contributed by atoms with Gasteiger partial charge >= 0.3 is 0 Å². The van der Waals surface area contributed by atoms with Crippen molar-refractivity contribution in [3.8, 4) is 0 Å². The second kappa shape index (κ2) is 10.6. The highest BCUT2D eigenvalue weighted by Crippen LogP contribution is 2.17. The smallest absolute Gasteiger partial charge is 0.191 e. The number of hydrogen-bond donors (Lipinski definition) is 2. The van der Waals surface area contributed by atoms with Gasteiger partial charge in [-0.2, -0.15) is 0 Å². The normalized spacial score (nSPS) is 13.8. The first-order valence-corrected chi connectivity index (χ1v) is 10.1. The first kappa shape index (κ1) is 24.5. The Morgan fingerprint density at radius 3 is 2.48 bits per heavy atom. The van der Waals surface area contributed by atoms with Crippen LogP contribution in [0.3, 0.4) is 0 Å². The summed E-state index contributed by atoms with van der Waals surface area (Å²) in [5.41, 5.74) is 1.04. The monoisotopic (exact) mass is 501 g/mol. The molecule has 0 bridgehead atoms. The Balaban J connectivity index is 0.00000576. The number of guanidine groups is 1. The van der Waals surface area contributed by atoms with Crippen LogP contribution in [-0.4, -0.2) is 38.0 Å². The largest absolute Gasteiger partial charge is 0.357 e. The van der Waals surface area contributed by atoms with Crippen molar-refractivity contribution >= 4 is 51.4 Å². The Kier molecular flexibility index (Phi) is 10.3. The summed E-state index contributed by atoms with van der Waals surface area (Å²) < 4.78 is 23.5. The molecule has 0 spiro atoms. The molecule has 0 aliphatic heterocycles. The van der Waals surface area contributed by atoms with Gasteiger partial charge in [0.1, 0.15) is 0 Å². The van der Waals surface area contributed by atoms with Crippen molar-refractivity contribution in [2.75, 3.05) is 18.8 Å². The number of hydrogen-bond acceptors (Lipinski definition) is 3. The maximum Gasteiger partial charge on any atom is 0.191 e. The predicted molar refractivity (Wildman–Crippen MR) is 118 cm³/mol. The van der Waals surface area contributed by atoms with E-state index in [1.807, 2.05) is 38.1 Å². The quantitative estimate of drug-likeness (QED) is 0.353. The molecule has 144 valence electrons. The van der Waals surface area contributed by atoms with E-state index in [0.717, 1.165) is 5.56 Å². The van der Waals surface area contributed by atoms with Crippen LogP contribution >= 0.6 is 35.6 Å². The molecule has 0 heterocycles. The van der Waals surface area contributed by atoms with Gasteiger partial charge in [0.15, 0.2) is 15.8 Å². The van der Waals surface area contributed by atoms with Gasteiger partial charge in [-0.1, -0.05) is 23.7 Å². The first-order valence-electron chi connectivity index (χ1n) is 8.09. The number of nitrogens with zero attached hydrogens (tertiary/aromatic N) is 1. The fourth-order valence-electron chi connectivity index (χ4n) is 1.97. The predicted octanol–water partition coefficient (Wildman–Crippen LogP) is 3.79. The molecule has 2 N–H and O–H groups in total. The van der Waals surface area contributed by atoms with Crippen molar-refractivity contribution in [2.24, 2.45) is 4.99 Å². The highest BCUT2D eigenvalue weighted by molar-refractivity contribution is 14.0. The molecule has 0 fully saturated rings. The lowest BCUT2D eigenvalue weighted by Gasteiger charge is -2.20. The fourth-order valence-corrected chi connectivity index (χ4v) is 3.11. The molecule has 25 heavy (non-hydrogen) atoms. The molecule has 0 aromatic heterocycles. The number of nitrogens with one attached hydrogen (secondary N) is 2. The highest BCUT2D eigenvalue weighted by atomic mass is 127. The van der Waals surface area contributed by atoms with Crippen LogP contribution in [0.4, 0.5) is 0 Å². The molecule has 5 nitrogen and oxygen atoms in total. The third-order valence-electron chi connectivity index (χ3n) is 3.61. The minimum atomic E-state index is -3.17. The maximum absolute atomic E-state index is 12.1.